The van der Waals surface area contributed by atoms with Gasteiger partial charge >= 0.3 is 0 Å². The molecule has 6 unspecified atom stereocenters. The highest BCUT2D eigenvalue weighted by Gasteiger charge is 2.32. The lowest BCUT2D eigenvalue weighted by Crippen LogP contribution is -2.47. The minimum Gasteiger partial charge on any atom is -0.307 e. The zero-order valence-corrected chi connectivity index (χ0v) is 21.9. The molecular weight excluding hydrogens is 434 g/mol. The molecule has 20 rings (SSSR count). The van der Waals surface area contributed by atoms with E-state index in [1.807, 2.05) is 0 Å². The first-order chi connectivity index (χ1) is 17.8. The van der Waals surface area contributed by atoms with E-state index in [-0.39, 0.29) is 0 Å². The van der Waals surface area contributed by atoms with Crippen LogP contribution in [0.2, 0.25) is 0 Å². The fraction of sp³-hybridized carbons (Fsp3) is 0.543. The predicted molar refractivity (Wildman–Crippen MR) is 151 cm³/mol. The lowest BCUT2D eigenvalue weighted by molar-refractivity contribution is 0.269. The summed E-state index contributed by atoms with van der Waals surface area (Å²) in [5.41, 5.74) is 9.87. The van der Waals surface area contributed by atoms with Crippen molar-refractivity contribution in [2.75, 3.05) is 0 Å². The van der Waals surface area contributed by atoms with Crippen LogP contribution in [-0.2, 0) is 0 Å². The van der Waals surface area contributed by atoms with Crippen molar-refractivity contribution >= 4 is 0 Å². The van der Waals surface area contributed by atoms with Gasteiger partial charge in [0.2, 0.25) is 0 Å². The van der Waals surface area contributed by atoms with Gasteiger partial charge in [0, 0.05) is 12.1 Å². The number of allylic oxidation sites excluding steroid dienone is 14. The zero-order valence-electron chi connectivity index (χ0n) is 21.9. The van der Waals surface area contributed by atoms with Crippen molar-refractivity contribution in [2.45, 2.75) is 95.6 Å². The van der Waals surface area contributed by atoms with E-state index >= 15 is 0 Å². The van der Waals surface area contributed by atoms with Gasteiger partial charge in [-0.3, -0.25) is 0 Å². The van der Waals surface area contributed by atoms with Gasteiger partial charge in [0.25, 0.3) is 0 Å². The highest BCUT2D eigenvalue weighted by Crippen LogP contribution is 2.41. The van der Waals surface area contributed by atoms with Gasteiger partial charge in [-0.25, -0.2) is 0 Å². The fourth-order valence-corrected chi connectivity index (χ4v) is 8.25. The number of hydrogen-bond donors (Lipinski definition) is 1. The van der Waals surface area contributed by atoms with Crippen LogP contribution in [0.25, 0.3) is 0 Å². The van der Waals surface area contributed by atoms with Crippen LogP contribution in [0.5, 0.6) is 0 Å². The molecule has 15 aliphatic heterocycles. The van der Waals surface area contributed by atoms with Gasteiger partial charge in [0.1, 0.15) is 0 Å². The summed E-state index contributed by atoms with van der Waals surface area (Å²) >= 11 is 0. The number of piperidine rings is 1. The number of nitrogens with one attached hydrogen (secondary N) is 1. The highest BCUT2D eigenvalue weighted by atomic mass is 15.0. The molecule has 1 N–H and O–H groups in total. The third-order valence-electron chi connectivity index (χ3n) is 10.6. The maximum Gasteiger partial charge on any atom is 0.0285 e. The van der Waals surface area contributed by atoms with E-state index in [1.54, 1.807) is 33.4 Å². The molecule has 0 amide bonds. The average molecular weight is 478 g/mol. The van der Waals surface area contributed by atoms with Crippen molar-refractivity contribution in [2.24, 2.45) is 23.7 Å². The molecule has 12 bridgehead atoms. The van der Waals surface area contributed by atoms with E-state index in [4.69, 9.17) is 0 Å². The van der Waals surface area contributed by atoms with E-state index in [2.05, 4.69) is 66.1 Å². The van der Waals surface area contributed by atoms with Crippen LogP contribution in [0.15, 0.2) is 94.2 Å². The molecule has 188 valence electrons. The summed E-state index contributed by atoms with van der Waals surface area (Å²) in [5, 5.41) is 4.13. The van der Waals surface area contributed by atoms with E-state index in [9.17, 15) is 0 Å². The van der Waals surface area contributed by atoms with Gasteiger partial charge in [0.15, 0.2) is 0 Å². The van der Waals surface area contributed by atoms with Crippen LogP contribution in [0.1, 0.15) is 83.5 Å². The molecule has 1 saturated heterocycles. The smallest absolute Gasteiger partial charge is 0.0285 e. The van der Waals surface area contributed by atoms with E-state index in [0.29, 0.717) is 35.8 Å². The Balaban J connectivity index is 1.20. The largest absolute Gasteiger partial charge is 0.307 e. The molecule has 0 aromatic heterocycles. The molecule has 0 radical (unpaired) electrons. The monoisotopic (exact) mass is 477 g/mol. The van der Waals surface area contributed by atoms with Crippen molar-refractivity contribution in [3.05, 3.63) is 94.2 Å². The van der Waals surface area contributed by atoms with Gasteiger partial charge in [-0.15, -0.1) is 0 Å². The summed E-state index contributed by atoms with van der Waals surface area (Å²) in [5.74, 6) is 2.71. The Hall–Kier alpha value is -2.12. The second-order valence-electron chi connectivity index (χ2n) is 12.5. The molecule has 1 fully saturated rings. The summed E-state index contributed by atoms with van der Waals surface area (Å²) in [6.07, 6.45) is 42.0. The number of rotatable bonds is 0. The van der Waals surface area contributed by atoms with Crippen LogP contribution in [0, 0.1) is 23.7 Å². The van der Waals surface area contributed by atoms with E-state index < -0.39 is 0 Å². The first-order valence-electron chi connectivity index (χ1n) is 15.1. The lowest BCUT2D eigenvalue weighted by Gasteiger charge is -2.39. The molecule has 5 aliphatic carbocycles. The molecule has 0 aromatic rings. The molecule has 6 atom stereocenters. The van der Waals surface area contributed by atoms with Crippen molar-refractivity contribution < 1.29 is 0 Å². The number of hydrogen-bond acceptors (Lipinski definition) is 1. The van der Waals surface area contributed by atoms with Crippen molar-refractivity contribution in [1.82, 2.24) is 5.32 Å². The molecule has 0 spiro atoms. The molecule has 1 heteroatoms. The van der Waals surface area contributed by atoms with Crippen LogP contribution >= 0.6 is 0 Å². The zero-order chi connectivity index (χ0) is 23.9. The first-order valence-corrected chi connectivity index (χ1v) is 15.1. The van der Waals surface area contributed by atoms with Crippen molar-refractivity contribution in [1.29, 1.82) is 0 Å². The topological polar surface area (TPSA) is 12.0 Å². The maximum absolute atomic E-state index is 4.13. The predicted octanol–water partition coefficient (Wildman–Crippen LogP) is 8.62. The molecule has 36 heavy (non-hydrogen) atoms. The molecule has 20 aliphatic rings. The quantitative estimate of drug-likeness (QED) is 0.344. The summed E-state index contributed by atoms with van der Waals surface area (Å²) in [4.78, 5) is 0. The normalized spacial score (nSPS) is 37.8. The van der Waals surface area contributed by atoms with Crippen LogP contribution < -0.4 is 5.32 Å². The SMILES string of the molecule is C1=CC2CCC1C1=CC=C(CC1)C1=CC=C(CC1)C1CCCC(N1)C1C=CC(CC1)C1=CC=C2CC1. The molecule has 0 saturated carbocycles. The Kier molecular flexibility index (Phi) is 6.38. The Bertz CT molecular complexity index is 1130. The van der Waals surface area contributed by atoms with Gasteiger partial charge in [0.05, 0.1) is 0 Å². The van der Waals surface area contributed by atoms with Crippen LogP contribution in [-0.4, -0.2) is 12.1 Å². The average Bonchev–Trinajstić information content (AvgIpc) is 2.97. The van der Waals surface area contributed by atoms with E-state index in [1.165, 1.54) is 83.5 Å². The molecular formula is C35H43N. The summed E-state index contributed by atoms with van der Waals surface area (Å²) in [7, 11) is 0. The highest BCUT2D eigenvalue weighted by molar-refractivity contribution is 5.44. The maximum atomic E-state index is 4.13. The second kappa shape index (κ2) is 9.97. The first kappa shape index (κ1) is 23.0. The minimum atomic E-state index is 0.591. The molecule has 0 aromatic carbocycles. The lowest BCUT2D eigenvalue weighted by atomic mass is 9.74. The summed E-state index contributed by atoms with van der Waals surface area (Å²) in [6.45, 7) is 0. The summed E-state index contributed by atoms with van der Waals surface area (Å²) in [6, 6.07) is 1.25. The second-order valence-corrected chi connectivity index (χ2v) is 12.5. The third-order valence-corrected chi connectivity index (χ3v) is 10.6. The van der Waals surface area contributed by atoms with Crippen molar-refractivity contribution in [3.8, 4) is 0 Å². The van der Waals surface area contributed by atoms with Gasteiger partial charge in [-0.1, -0.05) is 89.5 Å². The molecule has 1 nitrogen and oxygen atoms in total. The Morgan fingerprint density at radius 2 is 1.00 bits per heavy atom. The Morgan fingerprint density at radius 3 is 1.50 bits per heavy atom. The Labute approximate surface area is 218 Å². The standard InChI is InChI=1S/C35H43N/c1-2-34-32-20-16-30(17-21-32)28-12-8-26(9-13-28)24-4-6-25(7-5-24)27-10-14-29(15-11-27)31-18-22-33(23-19-31)35(3-1)36-34/h4,6,8,10,12,14,16,18,20,22,24-25,30,32,34-36H,1-3,5,7,9,11,13,15,17,19,21,23H2. The third kappa shape index (κ3) is 4.53. The minimum absolute atomic E-state index is 0.591. The fourth-order valence-electron chi connectivity index (χ4n) is 8.25. The van der Waals surface area contributed by atoms with Gasteiger partial charge in [-0.05, 0) is 112 Å². The van der Waals surface area contributed by atoms with E-state index in [0.717, 1.165) is 0 Å². The van der Waals surface area contributed by atoms with Crippen LogP contribution in [0.3, 0.4) is 0 Å². The summed E-state index contributed by atoms with van der Waals surface area (Å²) < 4.78 is 0. The Morgan fingerprint density at radius 1 is 0.472 bits per heavy atom. The molecule has 15 heterocycles. The van der Waals surface area contributed by atoms with Gasteiger partial charge < -0.3 is 5.32 Å². The van der Waals surface area contributed by atoms with Crippen LogP contribution in [0.4, 0.5) is 0 Å². The van der Waals surface area contributed by atoms with Gasteiger partial charge in [-0.2, -0.15) is 0 Å². The van der Waals surface area contributed by atoms with Crippen molar-refractivity contribution in [3.63, 3.8) is 0 Å².